The number of benzene rings is 1. The number of rotatable bonds is 21. The Morgan fingerprint density at radius 2 is 1.69 bits per heavy atom. The number of aliphatic hydroxyl groups is 1. The van der Waals surface area contributed by atoms with Crippen LogP contribution in [0.25, 0.3) is 0 Å². The molecule has 1 rings (SSSR count). The summed E-state index contributed by atoms with van der Waals surface area (Å²) in [5.74, 6) is 0.0880. The monoisotopic (exact) mass is 641 g/mol. The third kappa shape index (κ3) is 13.7. The molecule has 0 bridgehead atoms. The molecule has 45 heavy (non-hydrogen) atoms. The van der Waals surface area contributed by atoms with Gasteiger partial charge in [-0.2, -0.15) is 0 Å². The van der Waals surface area contributed by atoms with E-state index in [1.165, 1.54) is 4.90 Å². The fourth-order valence-electron chi connectivity index (χ4n) is 5.44. The Morgan fingerprint density at radius 3 is 2.20 bits per heavy atom. The van der Waals surface area contributed by atoms with Crippen molar-refractivity contribution in [2.24, 2.45) is 23.7 Å². The van der Waals surface area contributed by atoms with Gasteiger partial charge in [-0.3, -0.25) is 9.69 Å². The molecule has 258 valence electrons. The molecule has 0 saturated heterocycles. The smallest absolute Gasteiger partial charge is 0.408 e. The summed E-state index contributed by atoms with van der Waals surface area (Å²) in [7, 11) is 3.22. The Morgan fingerprint density at radius 1 is 1.02 bits per heavy atom. The normalized spacial score (nSPS) is 14.4. The SMILES string of the molecule is COCCCOc1cc(CC(C[C@@H]([C@@H](O)C[C@H](C(=O)NCCO[N+](=O)[O-])C(C)C)N(C(=O)O)C(C)(C)C)C(C)C)ccc1OC. The van der Waals surface area contributed by atoms with E-state index in [1.807, 2.05) is 32.0 Å². The Hall–Kier alpha value is -3.32. The van der Waals surface area contributed by atoms with E-state index >= 15 is 0 Å². The molecule has 0 aliphatic heterocycles. The van der Waals surface area contributed by atoms with Crippen molar-refractivity contribution in [2.75, 3.05) is 40.6 Å². The highest BCUT2D eigenvalue weighted by atomic mass is 16.9. The van der Waals surface area contributed by atoms with Crippen LogP contribution in [0.1, 0.15) is 73.3 Å². The van der Waals surface area contributed by atoms with Crippen molar-refractivity contribution in [3.8, 4) is 11.5 Å². The fraction of sp³-hybridized carbons (Fsp3) is 0.750. The zero-order valence-corrected chi connectivity index (χ0v) is 28.4. The largest absolute Gasteiger partial charge is 0.493 e. The number of nitrogens with one attached hydrogen (secondary N) is 1. The predicted octanol–water partition coefficient (Wildman–Crippen LogP) is 4.81. The average molecular weight is 642 g/mol. The number of hydrogen-bond donors (Lipinski definition) is 3. The van der Waals surface area contributed by atoms with Gasteiger partial charge in [-0.15, -0.1) is 10.1 Å². The molecule has 4 atom stereocenters. The highest BCUT2D eigenvalue weighted by Gasteiger charge is 2.40. The van der Waals surface area contributed by atoms with Crippen molar-refractivity contribution in [3.05, 3.63) is 33.9 Å². The summed E-state index contributed by atoms with van der Waals surface area (Å²) in [6.07, 6.45) is -0.643. The summed E-state index contributed by atoms with van der Waals surface area (Å²) >= 11 is 0. The number of hydrogen-bond acceptors (Lipinski definition) is 9. The number of amides is 2. The molecule has 0 heterocycles. The second kappa shape index (κ2) is 19.3. The van der Waals surface area contributed by atoms with Crippen LogP contribution in [0.2, 0.25) is 0 Å². The van der Waals surface area contributed by atoms with Crippen LogP contribution >= 0.6 is 0 Å². The minimum Gasteiger partial charge on any atom is -0.493 e. The number of ether oxygens (including phenoxy) is 3. The molecule has 13 heteroatoms. The number of carboxylic acid groups (broad SMARTS) is 1. The molecular weight excluding hydrogens is 586 g/mol. The maximum Gasteiger partial charge on any atom is 0.408 e. The van der Waals surface area contributed by atoms with Crippen LogP contribution in [0.5, 0.6) is 11.5 Å². The Kier molecular flexibility index (Phi) is 17.0. The number of carbonyl (C=O) groups excluding carboxylic acids is 1. The van der Waals surface area contributed by atoms with Crippen molar-refractivity contribution in [3.63, 3.8) is 0 Å². The van der Waals surface area contributed by atoms with Gasteiger partial charge < -0.3 is 34.6 Å². The molecule has 0 spiro atoms. The third-order valence-corrected chi connectivity index (χ3v) is 7.90. The van der Waals surface area contributed by atoms with E-state index < -0.39 is 34.8 Å². The van der Waals surface area contributed by atoms with Crippen LogP contribution in [-0.4, -0.2) is 90.5 Å². The van der Waals surface area contributed by atoms with Crippen LogP contribution in [-0.2, 0) is 20.8 Å². The molecule has 13 nitrogen and oxygen atoms in total. The maximum atomic E-state index is 13.0. The lowest BCUT2D eigenvalue weighted by Crippen LogP contribution is -2.57. The lowest BCUT2D eigenvalue weighted by atomic mass is 9.79. The van der Waals surface area contributed by atoms with Gasteiger partial charge in [-0.1, -0.05) is 33.8 Å². The van der Waals surface area contributed by atoms with Gasteiger partial charge in [0, 0.05) is 38.1 Å². The first-order valence-electron chi connectivity index (χ1n) is 15.6. The first-order valence-corrected chi connectivity index (χ1v) is 15.6. The van der Waals surface area contributed by atoms with Crippen LogP contribution in [0.15, 0.2) is 18.2 Å². The van der Waals surface area contributed by atoms with E-state index in [2.05, 4.69) is 24.0 Å². The fourth-order valence-corrected chi connectivity index (χ4v) is 5.44. The molecule has 1 aromatic carbocycles. The minimum atomic E-state index is -1.16. The molecule has 1 aromatic rings. The first-order chi connectivity index (χ1) is 21.0. The number of nitrogens with zero attached hydrogens (tertiary/aromatic N) is 2. The van der Waals surface area contributed by atoms with Gasteiger partial charge in [0.2, 0.25) is 5.91 Å². The highest BCUT2D eigenvalue weighted by Crippen LogP contribution is 2.34. The van der Waals surface area contributed by atoms with E-state index in [0.29, 0.717) is 37.6 Å². The lowest BCUT2D eigenvalue weighted by molar-refractivity contribution is -0.757. The van der Waals surface area contributed by atoms with E-state index in [1.54, 1.807) is 35.0 Å². The quantitative estimate of drug-likeness (QED) is 0.0962. The molecule has 0 saturated carbocycles. The minimum absolute atomic E-state index is 0.0108. The summed E-state index contributed by atoms with van der Waals surface area (Å²) in [4.78, 5) is 41.7. The van der Waals surface area contributed by atoms with Crippen molar-refractivity contribution in [1.82, 2.24) is 10.2 Å². The topological polar surface area (TPSA) is 170 Å². The van der Waals surface area contributed by atoms with Crippen LogP contribution in [0.3, 0.4) is 0 Å². The molecule has 0 aliphatic rings. The third-order valence-electron chi connectivity index (χ3n) is 7.90. The predicted molar refractivity (Wildman–Crippen MR) is 170 cm³/mol. The molecule has 2 amide bonds. The van der Waals surface area contributed by atoms with Crippen molar-refractivity contribution in [2.45, 2.75) is 91.8 Å². The van der Waals surface area contributed by atoms with Gasteiger partial charge >= 0.3 is 6.09 Å². The van der Waals surface area contributed by atoms with Gasteiger partial charge in [0.15, 0.2) is 11.5 Å². The summed E-state index contributed by atoms with van der Waals surface area (Å²) in [5.41, 5.74) is 0.149. The number of carbonyl (C=O) groups is 2. The van der Waals surface area contributed by atoms with Gasteiger partial charge in [0.1, 0.15) is 6.61 Å². The average Bonchev–Trinajstić information content (AvgIpc) is 2.94. The number of methoxy groups -OCH3 is 2. The van der Waals surface area contributed by atoms with Gasteiger partial charge in [0.25, 0.3) is 5.09 Å². The second-order valence-corrected chi connectivity index (χ2v) is 13.0. The zero-order chi connectivity index (χ0) is 34.3. The van der Waals surface area contributed by atoms with Crippen LogP contribution in [0.4, 0.5) is 4.79 Å². The van der Waals surface area contributed by atoms with E-state index in [0.717, 1.165) is 12.0 Å². The summed E-state index contributed by atoms with van der Waals surface area (Å²) < 4.78 is 16.6. The van der Waals surface area contributed by atoms with E-state index in [9.17, 15) is 29.9 Å². The van der Waals surface area contributed by atoms with E-state index in [-0.39, 0.29) is 43.2 Å². The summed E-state index contributed by atoms with van der Waals surface area (Å²) in [6, 6.07) is 4.94. The van der Waals surface area contributed by atoms with E-state index in [4.69, 9.17) is 14.2 Å². The second-order valence-electron chi connectivity index (χ2n) is 13.0. The van der Waals surface area contributed by atoms with Crippen molar-refractivity contribution in [1.29, 1.82) is 0 Å². The van der Waals surface area contributed by atoms with Gasteiger partial charge in [0.05, 0.1) is 25.9 Å². The molecule has 0 aromatic heterocycles. The Bertz CT molecular complexity index is 1060. The summed E-state index contributed by atoms with van der Waals surface area (Å²) in [5, 5.41) is 34.2. The molecule has 0 fully saturated rings. The molecule has 0 aliphatic carbocycles. The van der Waals surface area contributed by atoms with Crippen molar-refractivity contribution >= 4 is 12.0 Å². The molecule has 1 unspecified atom stereocenters. The highest BCUT2D eigenvalue weighted by molar-refractivity contribution is 5.79. The Balaban J connectivity index is 3.33. The Labute approximate surface area is 267 Å². The zero-order valence-electron chi connectivity index (χ0n) is 28.4. The van der Waals surface area contributed by atoms with Crippen molar-refractivity contribution < 1.29 is 43.9 Å². The molecule has 3 N–H and O–H groups in total. The number of aliphatic hydroxyl groups excluding tert-OH is 1. The lowest BCUT2D eigenvalue weighted by Gasteiger charge is -2.44. The van der Waals surface area contributed by atoms with Gasteiger partial charge in [-0.05, 0) is 75.5 Å². The standard InChI is InChI=1S/C32H55N3O10/c1-21(2)24(17-23-11-12-28(43-9)29(18-23)44-15-10-14-42-8)19-26(34(31(38)39)32(5,6)7)27(36)20-25(22(3)4)30(37)33-13-16-45-35(40)41/h11-12,18,21-22,24-27,36H,10,13-17,19-20H2,1-9H3,(H,33,37)(H,38,39)/t24?,25-,26-,27-/m0/s1. The van der Waals surface area contributed by atoms with Gasteiger partial charge in [-0.25, -0.2) is 4.79 Å². The molecular formula is C32H55N3O10. The maximum absolute atomic E-state index is 13.0. The summed E-state index contributed by atoms with van der Waals surface area (Å²) in [6.45, 7) is 13.8. The van der Waals surface area contributed by atoms with Crippen LogP contribution in [0, 0.1) is 33.8 Å². The van der Waals surface area contributed by atoms with Crippen LogP contribution < -0.4 is 14.8 Å². The molecule has 0 radical (unpaired) electrons. The first kappa shape index (κ1) is 39.7.